The average Bonchev–Trinajstić information content (AvgIpc) is 2.93. The van der Waals surface area contributed by atoms with E-state index in [0.717, 1.165) is 5.56 Å². The summed E-state index contributed by atoms with van der Waals surface area (Å²) in [5.74, 6) is 1.93. The Labute approximate surface area is 145 Å². The summed E-state index contributed by atoms with van der Waals surface area (Å²) in [6.45, 7) is 2.30. The van der Waals surface area contributed by atoms with Gasteiger partial charge in [-0.3, -0.25) is 9.59 Å². The van der Waals surface area contributed by atoms with Crippen LogP contribution < -0.4 is 19.5 Å². The van der Waals surface area contributed by atoms with Gasteiger partial charge in [0.1, 0.15) is 5.37 Å². The number of carbonyl (C=O) groups excluding carboxylic acids is 2. The predicted molar refractivity (Wildman–Crippen MR) is 91.7 cm³/mol. The molecule has 0 aliphatic carbocycles. The van der Waals surface area contributed by atoms with Gasteiger partial charge in [0.25, 0.3) is 0 Å². The summed E-state index contributed by atoms with van der Waals surface area (Å²) in [5.41, 5.74) is 0.842. The van der Waals surface area contributed by atoms with Gasteiger partial charge in [-0.1, -0.05) is 0 Å². The molecule has 0 saturated carbocycles. The minimum absolute atomic E-state index is 0.0344. The fraction of sp³-hybridized carbons (Fsp3) is 0.500. The molecule has 1 N–H and O–H groups in total. The first-order valence-electron chi connectivity index (χ1n) is 7.47. The van der Waals surface area contributed by atoms with Gasteiger partial charge in [0.05, 0.1) is 27.1 Å². The number of thioether (sulfide) groups is 1. The molecule has 1 unspecified atom stereocenters. The molecule has 2 amide bonds. The molecule has 1 aliphatic rings. The van der Waals surface area contributed by atoms with Gasteiger partial charge < -0.3 is 24.4 Å². The van der Waals surface area contributed by atoms with Crippen molar-refractivity contribution in [1.29, 1.82) is 0 Å². The number of methoxy groups -OCH3 is 3. The fourth-order valence-corrected chi connectivity index (χ4v) is 3.86. The lowest BCUT2D eigenvalue weighted by atomic mass is 10.1. The second kappa shape index (κ2) is 8.14. The van der Waals surface area contributed by atoms with E-state index < -0.39 is 0 Å². The predicted octanol–water partition coefficient (Wildman–Crippen LogP) is 1.42. The van der Waals surface area contributed by atoms with Crippen LogP contribution in [0.3, 0.4) is 0 Å². The van der Waals surface area contributed by atoms with Gasteiger partial charge in [-0.25, -0.2) is 0 Å². The summed E-state index contributed by atoms with van der Waals surface area (Å²) in [7, 11) is 4.67. The number of rotatable bonds is 7. The van der Waals surface area contributed by atoms with Crippen molar-refractivity contribution < 1.29 is 23.8 Å². The first kappa shape index (κ1) is 18.3. The second-order valence-corrected chi connectivity index (χ2v) is 6.23. The molecular formula is C16H22N2O5S. The maximum atomic E-state index is 12.2. The van der Waals surface area contributed by atoms with E-state index >= 15 is 0 Å². The molecule has 0 bridgehead atoms. The van der Waals surface area contributed by atoms with Crippen LogP contribution in [0.1, 0.15) is 17.9 Å². The van der Waals surface area contributed by atoms with Gasteiger partial charge >= 0.3 is 0 Å². The molecule has 1 aromatic carbocycles. The molecule has 24 heavy (non-hydrogen) atoms. The van der Waals surface area contributed by atoms with E-state index in [4.69, 9.17) is 14.2 Å². The quantitative estimate of drug-likeness (QED) is 0.798. The van der Waals surface area contributed by atoms with Gasteiger partial charge in [-0.05, 0) is 12.1 Å². The van der Waals surface area contributed by atoms with E-state index in [2.05, 4.69) is 5.32 Å². The van der Waals surface area contributed by atoms with Crippen molar-refractivity contribution >= 4 is 23.6 Å². The Balaban J connectivity index is 2.31. The standard InChI is InChI=1S/C16H22N2O5S/c1-10(19)17-7-8-18-13(20)9-24-16(18)11-5-6-12(21-2)15(23-4)14(11)22-3/h5-6,16H,7-9H2,1-4H3,(H,17,19). The summed E-state index contributed by atoms with van der Waals surface area (Å²) in [4.78, 5) is 25.0. The summed E-state index contributed by atoms with van der Waals surface area (Å²) >= 11 is 1.52. The number of hydrogen-bond acceptors (Lipinski definition) is 6. The smallest absolute Gasteiger partial charge is 0.233 e. The van der Waals surface area contributed by atoms with E-state index in [1.165, 1.54) is 18.7 Å². The third-order valence-corrected chi connectivity index (χ3v) is 4.93. The highest BCUT2D eigenvalue weighted by atomic mass is 32.2. The summed E-state index contributed by atoms with van der Waals surface area (Å²) in [5, 5.41) is 2.52. The Morgan fingerprint density at radius 1 is 1.25 bits per heavy atom. The molecule has 1 atom stereocenters. The van der Waals surface area contributed by atoms with Crippen LogP contribution >= 0.6 is 11.8 Å². The molecule has 0 aromatic heterocycles. The van der Waals surface area contributed by atoms with Crippen LogP contribution in [0.25, 0.3) is 0 Å². The first-order valence-corrected chi connectivity index (χ1v) is 8.52. The topological polar surface area (TPSA) is 77.1 Å². The van der Waals surface area contributed by atoms with Crippen molar-refractivity contribution in [3.05, 3.63) is 17.7 Å². The Morgan fingerprint density at radius 3 is 2.54 bits per heavy atom. The van der Waals surface area contributed by atoms with E-state index in [0.29, 0.717) is 36.1 Å². The largest absolute Gasteiger partial charge is 0.493 e. The Hall–Kier alpha value is -2.09. The highest BCUT2D eigenvalue weighted by Crippen LogP contribution is 2.48. The lowest BCUT2D eigenvalue weighted by Crippen LogP contribution is -2.36. The minimum Gasteiger partial charge on any atom is -0.493 e. The van der Waals surface area contributed by atoms with E-state index in [-0.39, 0.29) is 17.2 Å². The van der Waals surface area contributed by atoms with Crippen LogP contribution in [0, 0.1) is 0 Å². The van der Waals surface area contributed by atoms with Crippen molar-refractivity contribution in [1.82, 2.24) is 10.2 Å². The maximum absolute atomic E-state index is 12.2. The minimum atomic E-state index is -0.194. The van der Waals surface area contributed by atoms with Gasteiger partial charge in [0.2, 0.25) is 17.6 Å². The van der Waals surface area contributed by atoms with Crippen LogP contribution in [0.4, 0.5) is 0 Å². The summed E-state index contributed by atoms with van der Waals surface area (Å²) < 4.78 is 16.2. The van der Waals surface area contributed by atoms with Crippen LogP contribution in [0.5, 0.6) is 17.2 Å². The number of carbonyl (C=O) groups is 2. The molecule has 1 heterocycles. The molecule has 1 aromatic rings. The van der Waals surface area contributed by atoms with Gasteiger partial charge in [-0.15, -0.1) is 11.8 Å². The number of amides is 2. The zero-order valence-corrected chi connectivity index (χ0v) is 15.1. The number of nitrogens with one attached hydrogen (secondary N) is 1. The highest BCUT2D eigenvalue weighted by molar-refractivity contribution is 8.00. The van der Waals surface area contributed by atoms with Gasteiger partial charge in [0.15, 0.2) is 11.5 Å². The van der Waals surface area contributed by atoms with E-state index in [1.54, 1.807) is 32.3 Å². The maximum Gasteiger partial charge on any atom is 0.233 e. The van der Waals surface area contributed by atoms with Crippen molar-refractivity contribution in [2.45, 2.75) is 12.3 Å². The highest BCUT2D eigenvalue weighted by Gasteiger charge is 2.35. The van der Waals surface area contributed by atoms with Crippen LogP contribution in [-0.2, 0) is 9.59 Å². The van der Waals surface area contributed by atoms with Crippen LogP contribution in [0.15, 0.2) is 12.1 Å². The summed E-state index contributed by atoms with van der Waals surface area (Å²) in [6.07, 6.45) is 0. The molecule has 2 rings (SSSR count). The zero-order chi connectivity index (χ0) is 17.7. The molecule has 1 fully saturated rings. The van der Waals surface area contributed by atoms with Gasteiger partial charge in [-0.2, -0.15) is 0 Å². The van der Waals surface area contributed by atoms with Crippen molar-refractivity contribution in [3.8, 4) is 17.2 Å². The monoisotopic (exact) mass is 354 g/mol. The molecule has 0 spiro atoms. The Morgan fingerprint density at radius 2 is 1.96 bits per heavy atom. The third kappa shape index (κ3) is 3.69. The van der Waals surface area contributed by atoms with Crippen molar-refractivity contribution in [2.75, 3.05) is 40.2 Å². The molecular weight excluding hydrogens is 332 g/mol. The molecule has 1 saturated heterocycles. The number of ether oxygens (including phenoxy) is 3. The van der Waals surface area contributed by atoms with Crippen LogP contribution in [-0.4, -0.2) is 56.9 Å². The molecule has 1 aliphatic heterocycles. The second-order valence-electron chi connectivity index (χ2n) is 5.16. The van der Waals surface area contributed by atoms with Crippen molar-refractivity contribution in [3.63, 3.8) is 0 Å². The number of hydrogen-bond donors (Lipinski definition) is 1. The normalized spacial score (nSPS) is 16.9. The third-order valence-electron chi connectivity index (χ3n) is 3.70. The fourth-order valence-electron chi connectivity index (χ4n) is 2.62. The SMILES string of the molecule is COc1ccc(C2SCC(=O)N2CCNC(C)=O)c(OC)c1OC. The lowest BCUT2D eigenvalue weighted by Gasteiger charge is -2.26. The molecule has 0 radical (unpaired) electrons. The molecule has 7 nitrogen and oxygen atoms in total. The Kier molecular flexibility index (Phi) is 6.19. The Bertz CT molecular complexity index is 623. The summed E-state index contributed by atoms with van der Waals surface area (Å²) in [6, 6.07) is 3.67. The van der Waals surface area contributed by atoms with Crippen LogP contribution in [0.2, 0.25) is 0 Å². The number of nitrogens with zero attached hydrogens (tertiary/aromatic N) is 1. The van der Waals surface area contributed by atoms with Gasteiger partial charge in [0, 0.05) is 25.6 Å². The number of benzene rings is 1. The lowest BCUT2D eigenvalue weighted by molar-refractivity contribution is -0.128. The van der Waals surface area contributed by atoms with E-state index in [1.807, 2.05) is 6.07 Å². The molecule has 132 valence electrons. The van der Waals surface area contributed by atoms with E-state index in [9.17, 15) is 9.59 Å². The first-order chi connectivity index (χ1) is 11.5. The van der Waals surface area contributed by atoms with Crippen molar-refractivity contribution in [2.24, 2.45) is 0 Å². The average molecular weight is 354 g/mol. The molecule has 8 heteroatoms. The zero-order valence-electron chi connectivity index (χ0n) is 14.3.